The number of amides is 2. The molecule has 2 aliphatic heterocycles. The van der Waals surface area contributed by atoms with Crippen molar-refractivity contribution >= 4 is 28.7 Å². The second-order valence-corrected chi connectivity index (χ2v) is 8.14. The Hall–Kier alpha value is -1.62. The normalized spacial score (nSPS) is 19.4. The van der Waals surface area contributed by atoms with Gasteiger partial charge in [0.25, 0.3) is 11.8 Å². The summed E-state index contributed by atoms with van der Waals surface area (Å²) in [4.78, 5) is 30.7. The maximum Gasteiger partial charge on any atom is 0.277 e. The number of piperidine rings is 1. The van der Waals surface area contributed by atoms with Crippen molar-refractivity contribution in [2.24, 2.45) is 5.92 Å². The van der Waals surface area contributed by atoms with Crippen molar-refractivity contribution in [3.63, 3.8) is 0 Å². The van der Waals surface area contributed by atoms with Crippen LogP contribution in [-0.4, -0.2) is 41.2 Å². The number of rotatable bonds is 7. The topological polar surface area (TPSA) is 40.6 Å². The van der Waals surface area contributed by atoms with Gasteiger partial charge in [0.1, 0.15) is 5.70 Å². The highest BCUT2D eigenvalue weighted by molar-refractivity contribution is 7.11. The van der Waals surface area contributed by atoms with Gasteiger partial charge in [-0.2, -0.15) is 0 Å². The van der Waals surface area contributed by atoms with Crippen LogP contribution >= 0.6 is 11.3 Å². The smallest absolute Gasteiger partial charge is 0.277 e. The molecule has 0 atom stereocenters. The second-order valence-electron chi connectivity index (χ2n) is 7.19. The van der Waals surface area contributed by atoms with Gasteiger partial charge in [0, 0.05) is 24.5 Å². The third-order valence-electron chi connectivity index (χ3n) is 5.25. The first-order valence-electron chi connectivity index (χ1n) is 9.52. The summed E-state index contributed by atoms with van der Waals surface area (Å²) in [6.45, 7) is 6.70. The Bertz CT molecular complexity index is 643. The molecule has 1 saturated heterocycles. The van der Waals surface area contributed by atoms with E-state index in [0.717, 1.165) is 56.5 Å². The van der Waals surface area contributed by atoms with Crippen molar-refractivity contribution in [2.45, 2.75) is 52.4 Å². The van der Waals surface area contributed by atoms with E-state index in [0.29, 0.717) is 23.7 Å². The minimum absolute atomic E-state index is 0.0838. The van der Waals surface area contributed by atoms with E-state index in [1.165, 1.54) is 4.90 Å². The first-order valence-corrected chi connectivity index (χ1v) is 10.4. The Morgan fingerprint density at radius 3 is 2.52 bits per heavy atom. The molecule has 0 spiro atoms. The van der Waals surface area contributed by atoms with Crippen LogP contribution in [0.1, 0.15) is 57.2 Å². The molecule has 1 fully saturated rings. The highest BCUT2D eigenvalue weighted by Gasteiger charge is 2.42. The van der Waals surface area contributed by atoms with Crippen molar-refractivity contribution in [3.8, 4) is 0 Å². The van der Waals surface area contributed by atoms with Gasteiger partial charge in [-0.3, -0.25) is 14.5 Å². The van der Waals surface area contributed by atoms with Crippen molar-refractivity contribution in [1.29, 1.82) is 0 Å². The number of likely N-dealkylation sites (tertiary alicyclic amines) is 1. The molecule has 0 unspecified atom stereocenters. The minimum Gasteiger partial charge on any atom is -0.366 e. The molecule has 0 aromatic carbocycles. The predicted octanol–water partition coefficient (Wildman–Crippen LogP) is 4.14. The quantitative estimate of drug-likeness (QED) is 0.542. The van der Waals surface area contributed by atoms with E-state index < -0.39 is 0 Å². The van der Waals surface area contributed by atoms with Gasteiger partial charge in [-0.25, -0.2) is 0 Å². The van der Waals surface area contributed by atoms with Crippen LogP contribution in [-0.2, 0) is 9.59 Å². The lowest BCUT2D eigenvalue weighted by atomic mass is 9.98. The van der Waals surface area contributed by atoms with Crippen LogP contribution in [0.2, 0.25) is 0 Å². The van der Waals surface area contributed by atoms with Gasteiger partial charge >= 0.3 is 0 Å². The average Bonchev–Trinajstić information content (AvgIpc) is 3.21. The largest absolute Gasteiger partial charge is 0.366 e. The highest BCUT2D eigenvalue weighted by atomic mass is 32.1. The number of hydrogen-bond donors (Lipinski definition) is 0. The van der Waals surface area contributed by atoms with Crippen LogP contribution in [0.25, 0.3) is 5.57 Å². The molecule has 2 amide bonds. The summed E-state index contributed by atoms with van der Waals surface area (Å²) in [5.41, 5.74) is 1.28. The van der Waals surface area contributed by atoms with Gasteiger partial charge in [0.2, 0.25) is 0 Å². The van der Waals surface area contributed by atoms with Crippen LogP contribution in [0.4, 0.5) is 0 Å². The van der Waals surface area contributed by atoms with E-state index in [4.69, 9.17) is 0 Å². The fourth-order valence-corrected chi connectivity index (χ4v) is 4.39. The molecule has 4 nitrogen and oxygen atoms in total. The van der Waals surface area contributed by atoms with Crippen molar-refractivity contribution in [3.05, 3.63) is 28.1 Å². The van der Waals surface area contributed by atoms with Crippen molar-refractivity contribution < 1.29 is 9.59 Å². The summed E-state index contributed by atoms with van der Waals surface area (Å²) in [5, 5.41) is 1.97. The first kappa shape index (κ1) is 18.2. The Labute approximate surface area is 154 Å². The molecule has 136 valence electrons. The van der Waals surface area contributed by atoms with Gasteiger partial charge in [-0.15, -0.1) is 11.3 Å². The molecule has 1 aromatic heterocycles. The molecule has 2 aliphatic rings. The zero-order chi connectivity index (χ0) is 17.8. The zero-order valence-electron chi connectivity index (χ0n) is 15.3. The van der Waals surface area contributed by atoms with E-state index in [1.54, 1.807) is 11.3 Å². The zero-order valence-corrected chi connectivity index (χ0v) is 16.1. The van der Waals surface area contributed by atoms with Crippen LogP contribution in [0.15, 0.2) is 23.2 Å². The molecule has 1 aromatic rings. The van der Waals surface area contributed by atoms with Gasteiger partial charge in [0.15, 0.2) is 0 Å². The van der Waals surface area contributed by atoms with E-state index in [-0.39, 0.29) is 11.8 Å². The third kappa shape index (κ3) is 3.81. The Balaban J connectivity index is 1.84. The van der Waals surface area contributed by atoms with Gasteiger partial charge in [-0.1, -0.05) is 39.2 Å². The molecule has 0 bridgehead atoms. The highest BCUT2D eigenvalue weighted by Crippen LogP contribution is 2.35. The lowest BCUT2D eigenvalue weighted by Crippen LogP contribution is -2.38. The lowest BCUT2D eigenvalue weighted by Gasteiger charge is -2.32. The summed E-state index contributed by atoms with van der Waals surface area (Å²) < 4.78 is 0. The molecule has 3 heterocycles. The van der Waals surface area contributed by atoms with E-state index >= 15 is 0 Å². The molecule has 25 heavy (non-hydrogen) atoms. The number of imide groups is 1. The monoisotopic (exact) mass is 360 g/mol. The number of carbonyl (C=O) groups excluding carboxylic acids is 2. The fraction of sp³-hybridized carbons (Fsp3) is 0.600. The molecule has 5 heteroatoms. The number of carbonyl (C=O) groups is 2. The number of nitrogens with zero attached hydrogens (tertiary/aromatic N) is 2. The summed E-state index contributed by atoms with van der Waals surface area (Å²) in [6, 6.07) is 3.91. The molecule has 3 rings (SSSR count). The Kier molecular flexibility index (Phi) is 5.94. The van der Waals surface area contributed by atoms with Crippen LogP contribution in [0, 0.1) is 5.92 Å². The van der Waals surface area contributed by atoms with E-state index in [9.17, 15) is 9.59 Å². The van der Waals surface area contributed by atoms with Crippen LogP contribution in [0.3, 0.4) is 0 Å². The van der Waals surface area contributed by atoms with Crippen LogP contribution < -0.4 is 0 Å². The van der Waals surface area contributed by atoms with Gasteiger partial charge in [0.05, 0.1) is 5.57 Å². The second kappa shape index (κ2) is 8.17. The van der Waals surface area contributed by atoms with E-state index in [2.05, 4.69) is 18.7 Å². The SMILES string of the molecule is CCCCCCN1C(=O)C(c2cccs2)=C(N2CCC(C)CC2)C1=O. The predicted molar refractivity (Wildman–Crippen MR) is 102 cm³/mol. The average molecular weight is 361 g/mol. The standard InChI is InChI=1S/C20H28N2O2S/c1-3-4-5-6-11-22-19(23)17(16-8-7-14-25-16)18(20(22)24)21-12-9-15(2)10-13-21/h7-8,14-15H,3-6,9-13H2,1-2H3. The molecule has 0 radical (unpaired) electrons. The summed E-state index contributed by atoms with van der Waals surface area (Å²) in [5.74, 6) is 0.511. The Morgan fingerprint density at radius 2 is 1.88 bits per heavy atom. The summed E-state index contributed by atoms with van der Waals surface area (Å²) in [7, 11) is 0. The van der Waals surface area contributed by atoms with E-state index in [1.807, 2.05) is 17.5 Å². The first-order chi connectivity index (χ1) is 12.1. The Morgan fingerprint density at radius 1 is 1.12 bits per heavy atom. The van der Waals surface area contributed by atoms with Crippen LogP contribution in [0.5, 0.6) is 0 Å². The maximum absolute atomic E-state index is 13.1. The minimum atomic E-state index is -0.0995. The van der Waals surface area contributed by atoms with Crippen molar-refractivity contribution in [1.82, 2.24) is 9.80 Å². The summed E-state index contributed by atoms with van der Waals surface area (Å²) in [6.07, 6.45) is 6.43. The van der Waals surface area contributed by atoms with Gasteiger partial charge < -0.3 is 4.90 Å². The molecule has 0 aliphatic carbocycles. The fourth-order valence-electron chi connectivity index (χ4n) is 3.63. The summed E-state index contributed by atoms with van der Waals surface area (Å²) >= 11 is 1.54. The molecular weight excluding hydrogens is 332 g/mol. The molecule has 0 N–H and O–H groups in total. The molecule has 0 saturated carbocycles. The molecular formula is C20H28N2O2S. The number of unbranched alkanes of at least 4 members (excludes halogenated alkanes) is 3. The van der Waals surface area contributed by atoms with Gasteiger partial charge in [-0.05, 0) is 36.6 Å². The van der Waals surface area contributed by atoms with Crippen molar-refractivity contribution in [2.75, 3.05) is 19.6 Å². The maximum atomic E-state index is 13.1. The lowest BCUT2D eigenvalue weighted by molar-refractivity contribution is -0.137. The third-order valence-corrected chi connectivity index (χ3v) is 6.13. The number of hydrogen-bond acceptors (Lipinski definition) is 4. The number of thiophene rings is 1.